The summed E-state index contributed by atoms with van der Waals surface area (Å²) in [4.78, 5) is 11.5. The minimum Gasteiger partial charge on any atom is -0.464 e. The lowest BCUT2D eigenvalue weighted by Gasteiger charge is -2.09. The van der Waals surface area contributed by atoms with Gasteiger partial charge in [0.05, 0.1) is 12.8 Å². The third kappa shape index (κ3) is 2.83. The van der Waals surface area contributed by atoms with E-state index in [9.17, 15) is 4.79 Å². The van der Waals surface area contributed by atoms with E-state index in [1.807, 2.05) is 54.6 Å². The van der Waals surface area contributed by atoms with Crippen molar-refractivity contribution in [1.82, 2.24) is 10.2 Å². The van der Waals surface area contributed by atoms with Crippen molar-refractivity contribution in [3.05, 3.63) is 66.4 Å². The molecule has 0 aliphatic carbocycles. The Balaban J connectivity index is 1.94. The summed E-state index contributed by atoms with van der Waals surface area (Å²) in [6, 6.07) is 18.7. The average Bonchev–Trinajstić information content (AvgIpc) is 3.05. The van der Waals surface area contributed by atoms with Gasteiger partial charge in [0, 0.05) is 5.56 Å². The predicted molar refractivity (Wildman–Crippen MR) is 81.9 cm³/mol. The molecular weight excluding hydrogens is 280 g/mol. The maximum Gasteiger partial charge on any atom is 0.358 e. The van der Waals surface area contributed by atoms with Crippen LogP contribution in [0.5, 0.6) is 11.5 Å². The Morgan fingerprint density at radius 1 is 1.05 bits per heavy atom. The van der Waals surface area contributed by atoms with Gasteiger partial charge in [0.25, 0.3) is 0 Å². The second-order valence-electron chi connectivity index (χ2n) is 4.57. The van der Waals surface area contributed by atoms with Crippen molar-refractivity contribution >= 4 is 5.97 Å². The standard InChI is InChI=1S/C17H14N2O3/c1-21-17(20)15-11-14(18-19-15)13-9-5-6-10-16(13)22-12-7-3-2-4-8-12/h2-11H,1H3,(H,18,19). The number of methoxy groups -OCH3 is 1. The Bertz CT molecular complexity index is 781. The Morgan fingerprint density at radius 3 is 2.55 bits per heavy atom. The first-order chi connectivity index (χ1) is 10.8. The number of aromatic nitrogens is 2. The molecule has 1 heterocycles. The minimum atomic E-state index is -0.482. The lowest BCUT2D eigenvalue weighted by Crippen LogP contribution is -2.00. The van der Waals surface area contributed by atoms with Crippen molar-refractivity contribution in [3.63, 3.8) is 0 Å². The molecule has 110 valence electrons. The van der Waals surface area contributed by atoms with Crippen LogP contribution in [0, 0.1) is 0 Å². The largest absolute Gasteiger partial charge is 0.464 e. The number of ether oxygens (including phenoxy) is 2. The van der Waals surface area contributed by atoms with Crippen LogP contribution in [-0.2, 0) is 4.74 Å². The highest BCUT2D eigenvalue weighted by Crippen LogP contribution is 2.32. The number of nitrogens with zero attached hydrogens (tertiary/aromatic N) is 1. The van der Waals surface area contributed by atoms with Crippen LogP contribution in [0.4, 0.5) is 0 Å². The zero-order valence-electron chi connectivity index (χ0n) is 11.9. The molecule has 0 spiro atoms. The maximum absolute atomic E-state index is 11.5. The van der Waals surface area contributed by atoms with Gasteiger partial charge in [-0.25, -0.2) is 4.79 Å². The number of benzene rings is 2. The molecule has 0 aliphatic rings. The highest BCUT2D eigenvalue weighted by molar-refractivity contribution is 5.88. The number of carbonyl (C=O) groups excluding carboxylic acids is 1. The molecule has 0 saturated carbocycles. The molecule has 0 aliphatic heterocycles. The van der Waals surface area contributed by atoms with E-state index in [0.29, 0.717) is 11.4 Å². The van der Waals surface area contributed by atoms with Crippen LogP contribution in [0.3, 0.4) is 0 Å². The van der Waals surface area contributed by atoms with E-state index in [-0.39, 0.29) is 5.69 Å². The van der Waals surface area contributed by atoms with Crippen molar-refractivity contribution < 1.29 is 14.3 Å². The van der Waals surface area contributed by atoms with Crippen molar-refractivity contribution in [2.45, 2.75) is 0 Å². The SMILES string of the molecule is COC(=O)c1cc(-c2ccccc2Oc2ccccc2)[nH]n1. The number of para-hydroxylation sites is 2. The topological polar surface area (TPSA) is 64.2 Å². The number of hydrogen-bond donors (Lipinski definition) is 1. The van der Waals surface area contributed by atoms with Crippen molar-refractivity contribution in [1.29, 1.82) is 0 Å². The van der Waals surface area contributed by atoms with Crippen molar-refractivity contribution in [3.8, 4) is 22.8 Å². The van der Waals surface area contributed by atoms with E-state index >= 15 is 0 Å². The second-order valence-corrected chi connectivity index (χ2v) is 4.57. The normalized spacial score (nSPS) is 10.2. The zero-order valence-corrected chi connectivity index (χ0v) is 11.9. The fourth-order valence-corrected chi connectivity index (χ4v) is 2.06. The summed E-state index contributed by atoms with van der Waals surface area (Å²) in [5.41, 5.74) is 1.73. The van der Waals surface area contributed by atoms with Crippen LogP contribution < -0.4 is 4.74 Å². The van der Waals surface area contributed by atoms with Gasteiger partial charge >= 0.3 is 5.97 Å². The van der Waals surface area contributed by atoms with Crippen molar-refractivity contribution in [2.75, 3.05) is 7.11 Å². The van der Waals surface area contributed by atoms with Gasteiger partial charge in [0.2, 0.25) is 0 Å². The molecule has 0 unspecified atom stereocenters. The highest BCUT2D eigenvalue weighted by Gasteiger charge is 2.14. The van der Waals surface area contributed by atoms with Gasteiger partial charge in [-0.1, -0.05) is 30.3 Å². The number of rotatable bonds is 4. The Labute approximate surface area is 127 Å². The summed E-state index contributed by atoms with van der Waals surface area (Å²) >= 11 is 0. The molecule has 0 bridgehead atoms. The van der Waals surface area contributed by atoms with Crippen LogP contribution in [0.2, 0.25) is 0 Å². The van der Waals surface area contributed by atoms with Crippen LogP contribution in [-0.4, -0.2) is 23.3 Å². The predicted octanol–water partition coefficient (Wildman–Crippen LogP) is 3.66. The summed E-state index contributed by atoms with van der Waals surface area (Å²) in [6.07, 6.45) is 0. The molecule has 3 rings (SSSR count). The highest BCUT2D eigenvalue weighted by atomic mass is 16.5. The molecule has 22 heavy (non-hydrogen) atoms. The lowest BCUT2D eigenvalue weighted by atomic mass is 10.1. The maximum atomic E-state index is 11.5. The van der Waals surface area contributed by atoms with Crippen LogP contribution in [0.1, 0.15) is 10.5 Å². The molecule has 1 aromatic heterocycles. The van der Waals surface area contributed by atoms with E-state index < -0.39 is 5.97 Å². The smallest absolute Gasteiger partial charge is 0.358 e. The lowest BCUT2D eigenvalue weighted by molar-refractivity contribution is 0.0594. The van der Waals surface area contributed by atoms with Gasteiger partial charge in [0.15, 0.2) is 5.69 Å². The van der Waals surface area contributed by atoms with Gasteiger partial charge in [0.1, 0.15) is 11.5 Å². The molecule has 3 aromatic rings. The molecule has 0 saturated heterocycles. The first-order valence-corrected chi connectivity index (χ1v) is 6.74. The Kier molecular flexibility index (Phi) is 3.87. The first kappa shape index (κ1) is 13.9. The third-order valence-electron chi connectivity index (χ3n) is 3.12. The van der Waals surface area contributed by atoms with E-state index in [2.05, 4.69) is 14.9 Å². The van der Waals surface area contributed by atoms with Gasteiger partial charge in [-0.3, -0.25) is 5.10 Å². The minimum absolute atomic E-state index is 0.229. The summed E-state index contributed by atoms with van der Waals surface area (Å²) in [6.45, 7) is 0. The monoisotopic (exact) mass is 294 g/mol. The van der Waals surface area contributed by atoms with Crippen LogP contribution in [0.15, 0.2) is 60.7 Å². The zero-order chi connectivity index (χ0) is 15.4. The molecule has 0 fully saturated rings. The number of nitrogens with one attached hydrogen (secondary N) is 1. The van der Waals surface area contributed by atoms with Gasteiger partial charge < -0.3 is 9.47 Å². The summed E-state index contributed by atoms with van der Waals surface area (Å²) in [5, 5.41) is 6.79. The Morgan fingerprint density at radius 2 is 1.77 bits per heavy atom. The van der Waals surface area contributed by atoms with E-state index in [1.54, 1.807) is 6.07 Å². The second kappa shape index (κ2) is 6.13. The summed E-state index contributed by atoms with van der Waals surface area (Å²) in [7, 11) is 1.32. The van der Waals surface area contributed by atoms with E-state index in [4.69, 9.17) is 4.74 Å². The quantitative estimate of drug-likeness (QED) is 0.746. The number of aromatic amines is 1. The Hall–Kier alpha value is -3.08. The van der Waals surface area contributed by atoms with E-state index in [1.165, 1.54) is 7.11 Å². The molecule has 0 atom stereocenters. The number of H-pyrrole nitrogens is 1. The molecule has 5 heteroatoms. The molecular formula is C17H14N2O3. The fraction of sp³-hybridized carbons (Fsp3) is 0.0588. The number of esters is 1. The molecule has 1 N–H and O–H groups in total. The van der Waals surface area contributed by atoms with Gasteiger partial charge in [-0.15, -0.1) is 0 Å². The molecule has 2 aromatic carbocycles. The molecule has 0 radical (unpaired) electrons. The molecule has 0 amide bonds. The summed E-state index contributed by atoms with van der Waals surface area (Å²) < 4.78 is 10.6. The number of hydrogen-bond acceptors (Lipinski definition) is 4. The van der Waals surface area contributed by atoms with Crippen molar-refractivity contribution in [2.24, 2.45) is 0 Å². The first-order valence-electron chi connectivity index (χ1n) is 6.74. The van der Waals surface area contributed by atoms with Crippen LogP contribution in [0.25, 0.3) is 11.3 Å². The van der Waals surface area contributed by atoms with Crippen LogP contribution >= 0.6 is 0 Å². The van der Waals surface area contributed by atoms with Gasteiger partial charge in [-0.05, 0) is 30.3 Å². The number of carbonyl (C=O) groups is 1. The van der Waals surface area contributed by atoms with Gasteiger partial charge in [-0.2, -0.15) is 5.10 Å². The average molecular weight is 294 g/mol. The fourth-order valence-electron chi connectivity index (χ4n) is 2.06. The summed E-state index contributed by atoms with van der Waals surface area (Å²) in [5.74, 6) is 0.931. The van der Waals surface area contributed by atoms with E-state index in [0.717, 1.165) is 11.3 Å². The molecule has 5 nitrogen and oxygen atoms in total. The third-order valence-corrected chi connectivity index (χ3v) is 3.12.